The summed E-state index contributed by atoms with van der Waals surface area (Å²) in [4.78, 5) is 4.12. The van der Waals surface area contributed by atoms with Crippen LogP contribution in [0.25, 0.3) is 11.4 Å². The second kappa shape index (κ2) is 6.06. The van der Waals surface area contributed by atoms with Crippen molar-refractivity contribution in [3.63, 3.8) is 0 Å². The summed E-state index contributed by atoms with van der Waals surface area (Å²) in [6.45, 7) is 0. The molecule has 5 nitrogen and oxygen atoms in total. The van der Waals surface area contributed by atoms with Gasteiger partial charge in [0.2, 0.25) is 0 Å². The zero-order valence-electron chi connectivity index (χ0n) is 10.9. The lowest BCUT2D eigenvalue weighted by molar-refractivity contribution is 0.881. The van der Waals surface area contributed by atoms with Crippen LogP contribution in [0.15, 0.2) is 48.8 Å². The molecule has 0 aliphatic rings. The first-order chi connectivity index (χ1) is 9.93. The molecule has 0 spiro atoms. The predicted octanol–water partition coefficient (Wildman–Crippen LogP) is 2.25. The van der Waals surface area contributed by atoms with E-state index in [2.05, 4.69) is 44.2 Å². The van der Waals surface area contributed by atoms with Crippen LogP contribution in [0.2, 0.25) is 0 Å². The molecule has 3 rings (SSSR count). The van der Waals surface area contributed by atoms with Crippen LogP contribution in [0, 0.1) is 6.42 Å². The van der Waals surface area contributed by atoms with Crippen molar-refractivity contribution < 1.29 is 0 Å². The van der Waals surface area contributed by atoms with E-state index in [1.165, 1.54) is 11.1 Å². The number of pyridine rings is 1. The third-order valence-corrected chi connectivity index (χ3v) is 3.08. The third-order valence-electron chi connectivity index (χ3n) is 3.08. The zero-order valence-corrected chi connectivity index (χ0v) is 10.9. The van der Waals surface area contributed by atoms with Gasteiger partial charge in [-0.2, -0.15) is 0 Å². The summed E-state index contributed by atoms with van der Waals surface area (Å²) in [5.41, 5.74) is 3.46. The van der Waals surface area contributed by atoms with Gasteiger partial charge in [0.1, 0.15) is 0 Å². The zero-order chi connectivity index (χ0) is 13.6. The molecule has 0 aliphatic carbocycles. The van der Waals surface area contributed by atoms with Gasteiger partial charge in [-0.15, -0.1) is 5.10 Å². The van der Waals surface area contributed by atoms with Gasteiger partial charge in [-0.25, -0.2) is 5.10 Å². The van der Waals surface area contributed by atoms with Gasteiger partial charge in [-0.3, -0.25) is 4.98 Å². The number of rotatable bonds is 5. The Morgan fingerprint density at radius 1 is 1.05 bits per heavy atom. The molecule has 0 atom stereocenters. The van der Waals surface area contributed by atoms with Crippen LogP contribution >= 0.6 is 0 Å². The molecule has 1 radical (unpaired) electrons. The Bertz CT molecular complexity index is 649. The highest BCUT2D eigenvalue weighted by Gasteiger charge is 2.07. The Hall–Kier alpha value is -2.56. The second-order valence-corrected chi connectivity index (χ2v) is 4.47. The fourth-order valence-corrected chi connectivity index (χ4v) is 2.12. The molecule has 0 unspecified atom stereocenters. The van der Waals surface area contributed by atoms with Crippen molar-refractivity contribution in [2.24, 2.45) is 0 Å². The van der Waals surface area contributed by atoms with E-state index in [1.54, 1.807) is 6.20 Å². The lowest BCUT2D eigenvalue weighted by Gasteiger charge is -2.06. The predicted molar refractivity (Wildman–Crippen MR) is 75.6 cm³/mol. The molecule has 0 aliphatic heterocycles. The summed E-state index contributed by atoms with van der Waals surface area (Å²) in [6, 6.07) is 12.2. The van der Waals surface area contributed by atoms with Crippen LogP contribution in [0.4, 0.5) is 0 Å². The molecular formula is C15H14N5. The Morgan fingerprint density at radius 2 is 2.00 bits per heavy atom. The molecule has 0 fully saturated rings. The first-order valence-electron chi connectivity index (χ1n) is 6.46. The molecule has 2 aromatic heterocycles. The highest BCUT2D eigenvalue weighted by Crippen LogP contribution is 2.20. The van der Waals surface area contributed by atoms with Crippen LogP contribution in [0.3, 0.4) is 0 Å². The summed E-state index contributed by atoms with van der Waals surface area (Å²) < 4.78 is 0. The number of aromatic nitrogens is 5. The van der Waals surface area contributed by atoms with Crippen molar-refractivity contribution in [2.45, 2.75) is 12.8 Å². The van der Waals surface area contributed by atoms with Gasteiger partial charge in [0.15, 0.2) is 5.82 Å². The molecule has 99 valence electrons. The van der Waals surface area contributed by atoms with E-state index in [-0.39, 0.29) is 0 Å². The molecule has 20 heavy (non-hydrogen) atoms. The van der Waals surface area contributed by atoms with Gasteiger partial charge in [0, 0.05) is 18.0 Å². The van der Waals surface area contributed by atoms with Crippen molar-refractivity contribution in [1.29, 1.82) is 0 Å². The number of nitrogens with zero attached hydrogens (tertiary/aromatic N) is 4. The Labute approximate surface area is 117 Å². The fourth-order valence-electron chi connectivity index (χ4n) is 2.12. The second-order valence-electron chi connectivity index (χ2n) is 4.47. The number of tetrazole rings is 1. The molecule has 3 aromatic rings. The summed E-state index contributed by atoms with van der Waals surface area (Å²) in [5.74, 6) is 0.704. The maximum absolute atomic E-state index is 4.12. The maximum atomic E-state index is 4.12. The first kappa shape index (κ1) is 12.5. The van der Waals surface area contributed by atoms with E-state index >= 15 is 0 Å². The Balaban J connectivity index is 1.69. The van der Waals surface area contributed by atoms with Crippen molar-refractivity contribution in [3.05, 3.63) is 66.3 Å². The molecule has 0 saturated carbocycles. The molecule has 0 saturated heterocycles. The van der Waals surface area contributed by atoms with E-state index in [4.69, 9.17) is 0 Å². The standard InChI is InChI=1S/C15H14N5/c1-2-9-14(15-17-19-20-18-15)13(7-1)8-3-5-12-6-4-10-16-11-12/h1-4,6-7,9-11H,5,8H2,(H,17,18,19,20). The van der Waals surface area contributed by atoms with Gasteiger partial charge < -0.3 is 0 Å². The normalized spacial score (nSPS) is 10.6. The van der Waals surface area contributed by atoms with Gasteiger partial charge in [-0.05, 0) is 46.9 Å². The maximum Gasteiger partial charge on any atom is 0.179 e. The average molecular weight is 264 g/mol. The van der Waals surface area contributed by atoms with E-state index < -0.39 is 0 Å². The minimum Gasteiger partial charge on any atom is -0.264 e. The summed E-state index contributed by atoms with van der Waals surface area (Å²) >= 11 is 0. The van der Waals surface area contributed by atoms with Gasteiger partial charge >= 0.3 is 0 Å². The topological polar surface area (TPSA) is 67.3 Å². The molecule has 0 bridgehead atoms. The van der Waals surface area contributed by atoms with Gasteiger partial charge in [0.05, 0.1) is 0 Å². The van der Waals surface area contributed by atoms with E-state index in [0.717, 1.165) is 18.4 Å². The highest BCUT2D eigenvalue weighted by molar-refractivity contribution is 5.59. The van der Waals surface area contributed by atoms with Gasteiger partial charge in [-0.1, -0.05) is 30.3 Å². The van der Waals surface area contributed by atoms with Crippen LogP contribution < -0.4 is 0 Å². The van der Waals surface area contributed by atoms with Crippen LogP contribution in [0.5, 0.6) is 0 Å². The van der Waals surface area contributed by atoms with Crippen LogP contribution in [0.1, 0.15) is 11.1 Å². The number of hydrogen-bond acceptors (Lipinski definition) is 4. The highest BCUT2D eigenvalue weighted by atomic mass is 15.5. The number of aromatic amines is 1. The Kier molecular flexibility index (Phi) is 3.78. The monoisotopic (exact) mass is 264 g/mol. The molecule has 1 N–H and O–H groups in total. The summed E-state index contributed by atoms with van der Waals surface area (Å²) in [6.07, 6.45) is 7.68. The minimum atomic E-state index is 0.704. The lowest BCUT2D eigenvalue weighted by Crippen LogP contribution is -1.95. The van der Waals surface area contributed by atoms with Crippen molar-refractivity contribution in [2.75, 3.05) is 0 Å². The molecule has 2 heterocycles. The molecule has 0 amide bonds. The average Bonchev–Trinajstić information content (AvgIpc) is 3.03. The van der Waals surface area contributed by atoms with Crippen molar-refractivity contribution in [1.82, 2.24) is 25.6 Å². The number of H-pyrrole nitrogens is 1. The van der Waals surface area contributed by atoms with E-state index in [9.17, 15) is 0 Å². The van der Waals surface area contributed by atoms with E-state index in [1.807, 2.05) is 30.5 Å². The minimum absolute atomic E-state index is 0.704. The first-order valence-corrected chi connectivity index (χ1v) is 6.46. The van der Waals surface area contributed by atoms with Gasteiger partial charge in [0.25, 0.3) is 0 Å². The fraction of sp³-hybridized carbons (Fsp3) is 0.133. The molecule has 1 aromatic carbocycles. The van der Waals surface area contributed by atoms with Crippen molar-refractivity contribution in [3.8, 4) is 11.4 Å². The largest absolute Gasteiger partial charge is 0.264 e. The number of benzene rings is 1. The SMILES string of the molecule is [CH](Cc1cccnc1)Cc1ccccc1-c1nnn[nH]1. The van der Waals surface area contributed by atoms with E-state index in [0.29, 0.717) is 5.82 Å². The number of nitrogens with one attached hydrogen (secondary N) is 1. The Morgan fingerprint density at radius 3 is 2.80 bits per heavy atom. The third kappa shape index (κ3) is 2.88. The lowest BCUT2D eigenvalue weighted by atomic mass is 10.00. The summed E-state index contributed by atoms with van der Waals surface area (Å²) in [7, 11) is 0. The molecular weight excluding hydrogens is 250 g/mol. The van der Waals surface area contributed by atoms with Crippen LogP contribution in [-0.4, -0.2) is 25.6 Å². The quantitative estimate of drug-likeness (QED) is 0.767. The molecule has 5 heteroatoms. The number of hydrogen-bond donors (Lipinski definition) is 1. The smallest absolute Gasteiger partial charge is 0.179 e. The van der Waals surface area contributed by atoms with Crippen molar-refractivity contribution >= 4 is 0 Å². The van der Waals surface area contributed by atoms with Crippen LogP contribution in [-0.2, 0) is 12.8 Å². The summed E-state index contributed by atoms with van der Waals surface area (Å²) in [5, 5.41) is 14.0.